The maximum Gasteiger partial charge on any atom is 0.433 e. The van der Waals surface area contributed by atoms with Crippen LogP contribution in [0.25, 0.3) is 4.96 Å². The van der Waals surface area contributed by atoms with Crippen LogP contribution in [-0.4, -0.2) is 43.4 Å². The van der Waals surface area contributed by atoms with Gasteiger partial charge in [0.2, 0.25) is 0 Å². The third-order valence-electron chi connectivity index (χ3n) is 4.43. The monoisotopic (exact) mass is 382 g/mol. The molecule has 26 heavy (non-hydrogen) atoms. The van der Waals surface area contributed by atoms with Crippen LogP contribution < -0.4 is 5.32 Å². The van der Waals surface area contributed by atoms with Crippen molar-refractivity contribution in [3.8, 4) is 0 Å². The second-order valence-corrected chi connectivity index (χ2v) is 7.18. The predicted octanol–water partition coefficient (Wildman–Crippen LogP) is 3.28. The van der Waals surface area contributed by atoms with E-state index >= 15 is 0 Å². The van der Waals surface area contributed by atoms with Crippen LogP contribution in [0.15, 0.2) is 30.2 Å². The standard InChI is InChI=1S/C16H17F3N6S/c17-16(18,19)13-7-14(21-10-20-13)22-11-1-3-24(4-2-11)8-12-9-25-5-6-26-15(25)23-12/h5-7,9-11H,1-4,8H2,(H,20,21,22). The summed E-state index contributed by atoms with van der Waals surface area (Å²) in [5.41, 5.74) is 0.112. The van der Waals surface area contributed by atoms with Crippen molar-refractivity contribution in [2.45, 2.75) is 31.6 Å². The van der Waals surface area contributed by atoms with Crippen molar-refractivity contribution in [3.63, 3.8) is 0 Å². The van der Waals surface area contributed by atoms with Gasteiger partial charge < -0.3 is 5.32 Å². The number of nitrogens with one attached hydrogen (secondary N) is 1. The van der Waals surface area contributed by atoms with E-state index in [-0.39, 0.29) is 11.9 Å². The molecule has 4 heterocycles. The summed E-state index contributed by atoms with van der Waals surface area (Å²) in [6.07, 6.45) is 2.20. The number of hydrogen-bond acceptors (Lipinski definition) is 6. The molecule has 6 nitrogen and oxygen atoms in total. The highest BCUT2D eigenvalue weighted by molar-refractivity contribution is 7.15. The molecule has 1 saturated heterocycles. The molecule has 1 aliphatic rings. The number of hydrogen-bond donors (Lipinski definition) is 1. The normalized spacial score (nSPS) is 17.0. The van der Waals surface area contributed by atoms with E-state index in [2.05, 4.69) is 25.2 Å². The first kappa shape index (κ1) is 17.2. The number of halogens is 3. The van der Waals surface area contributed by atoms with Gasteiger partial charge in [0.1, 0.15) is 17.8 Å². The third-order valence-corrected chi connectivity index (χ3v) is 5.20. The van der Waals surface area contributed by atoms with Crippen LogP contribution in [0.3, 0.4) is 0 Å². The Bertz CT molecular complexity index is 853. The maximum absolute atomic E-state index is 12.7. The van der Waals surface area contributed by atoms with Crippen LogP contribution >= 0.6 is 11.3 Å². The summed E-state index contributed by atoms with van der Waals surface area (Å²) in [6.45, 7) is 2.51. The highest BCUT2D eigenvalue weighted by atomic mass is 32.1. The van der Waals surface area contributed by atoms with E-state index in [4.69, 9.17) is 0 Å². The molecule has 0 atom stereocenters. The summed E-state index contributed by atoms with van der Waals surface area (Å²) in [4.78, 5) is 15.1. The minimum atomic E-state index is -4.46. The van der Waals surface area contributed by atoms with E-state index in [1.165, 1.54) is 0 Å². The van der Waals surface area contributed by atoms with Gasteiger partial charge in [-0.3, -0.25) is 9.30 Å². The van der Waals surface area contributed by atoms with E-state index in [1.807, 2.05) is 22.2 Å². The summed E-state index contributed by atoms with van der Waals surface area (Å²) in [5, 5.41) is 5.10. The molecule has 138 valence electrons. The molecule has 0 aromatic carbocycles. The zero-order chi connectivity index (χ0) is 18.1. The van der Waals surface area contributed by atoms with Gasteiger partial charge in [-0.1, -0.05) is 0 Å². The van der Waals surface area contributed by atoms with Crippen molar-refractivity contribution in [1.29, 1.82) is 0 Å². The van der Waals surface area contributed by atoms with E-state index in [1.54, 1.807) is 11.3 Å². The van der Waals surface area contributed by atoms with Gasteiger partial charge in [0.25, 0.3) is 0 Å². The van der Waals surface area contributed by atoms with Crippen molar-refractivity contribution >= 4 is 22.1 Å². The zero-order valence-corrected chi connectivity index (χ0v) is 14.6. The third kappa shape index (κ3) is 3.80. The van der Waals surface area contributed by atoms with E-state index in [0.717, 1.165) is 55.5 Å². The molecule has 3 aromatic heterocycles. The summed E-state index contributed by atoms with van der Waals surface area (Å²) < 4.78 is 40.2. The highest BCUT2D eigenvalue weighted by Crippen LogP contribution is 2.28. The number of imidazole rings is 1. The van der Waals surface area contributed by atoms with E-state index < -0.39 is 11.9 Å². The Balaban J connectivity index is 1.31. The zero-order valence-electron chi connectivity index (χ0n) is 13.8. The lowest BCUT2D eigenvalue weighted by Gasteiger charge is -2.32. The lowest BCUT2D eigenvalue weighted by atomic mass is 10.0. The minimum Gasteiger partial charge on any atom is -0.367 e. The molecule has 4 rings (SSSR count). The quantitative estimate of drug-likeness (QED) is 0.751. The van der Waals surface area contributed by atoms with Crippen molar-refractivity contribution in [2.75, 3.05) is 18.4 Å². The van der Waals surface area contributed by atoms with Crippen molar-refractivity contribution in [2.24, 2.45) is 0 Å². The molecule has 0 radical (unpaired) electrons. The Morgan fingerprint density at radius 3 is 2.77 bits per heavy atom. The van der Waals surface area contributed by atoms with Crippen LogP contribution in [0.4, 0.5) is 19.0 Å². The fourth-order valence-corrected chi connectivity index (χ4v) is 3.84. The summed E-state index contributed by atoms with van der Waals surface area (Å²) >= 11 is 1.61. The Morgan fingerprint density at radius 2 is 2.04 bits per heavy atom. The first-order chi connectivity index (χ1) is 12.5. The molecule has 1 fully saturated rings. The predicted molar refractivity (Wildman–Crippen MR) is 92.0 cm³/mol. The van der Waals surface area contributed by atoms with Gasteiger partial charge in [-0.15, -0.1) is 11.3 Å². The number of rotatable bonds is 4. The van der Waals surface area contributed by atoms with Gasteiger partial charge in [-0.05, 0) is 12.8 Å². The number of nitrogens with zero attached hydrogens (tertiary/aromatic N) is 5. The van der Waals surface area contributed by atoms with Crippen molar-refractivity contribution < 1.29 is 13.2 Å². The van der Waals surface area contributed by atoms with E-state index in [9.17, 15) is 13.2 Å². The van der Waals surface area contributed by atoms with Crippen LogP contribution in [0.5, 0.6) is 0 Å². The van der Waals surface area contributed by atoms with Gasteiger partial charge in [-0.2, -0.15) is 13.2 Å². The largest absolute Gasteiger partial charge is 0.433 e. The lowest BCUT2D eigenvalue weighted by Crippen LogP contribution is -2.38. The summed E-state index contributed by atoms with van der Waals surface area (Å²) in [6, 6.07) is 1.07. The van der Waals surface area contributed by atoms with Crippen LogP contribution in [0.1, 0.15) is 24.2 Å². The number of likely N-dealkylation sites (tertiary alicyclic amines) is 1. The second kappa shape index (κ2) is 6.84. The average molecular weight is 382 g/mol. The first-order valence-corrected chi connectivity index (χ1v) is 9.14. The molecule has 0 saturated carbocycles. The molecular weight excluding hydrogens is 365 g/mol. The van der Waals surface area contributed by atoms with Crippen molar-refractivity contribution in [1.82, 2.24) is 24.3 Å². The smallest absolute Gasteiger partial charge is 0.367 e. The van der Waals surface area contributed by atoms with Crippen LogP contribution in [-0.2, 0) is 12.7 Å². The van der Waals surface area contributed by atoms with Crippen LogP contribution in [0.2, 0.25) is 0 Å². The first-order valence-electron chi connectivity index (χ1n) is 8.26. The molecule has 0 aliphatic carbocycles. The molecule has 1 aliphatic heterocycles. The van der Waals surface area contributed by atoms with Gasteiger partial charge >= 0.3 is 6.18 Å². The minimum absolute atomic E-state index is 0.104. The average Bonchev–Trinajstić information content (AvgIpc) is 3.18. The summed E-state index contributed by atoms with van der Waals surface area (Å²) in [7, 11) is 0. The van der Waals surface area contributed by atoms with Crippen molar-refractivity contribution in [3.05, 3.63) is 41.6 Å². The Hall–Kier alpha value is -2.20. The molecule has 10 heteroatoms. The Kier molecular flexibility index (Phi) is 4.53. The number of aromatic nitrogens is 4. The molecular formula is C16H17F3N6S. The number of thiazole rings is 1. The molecule has 3 aromatic rings. The molecule has 0 unspecified atom stereocenters. The maximum atomic E-state index is 12.7. The fraction of sp³-hybridized carbons (Fsp3) is 0.438. The summed E-state index contributed by atoms with van der Waals surface area (Å²) in [5.74, 6) is 0.222. The van der Waals surface area contributed by atoms with Gasteiger partial charge in [0, 0.05) is 49.5 Å². The number of alkyl halides is 3. The molecule has 1 N–H and O–H groups in total. The molecule has 0 amide bonds. The number of piperidine rings is 1. The van der Waals surface area contributed by atoms with Gasteiger partial charge in [0.05, 0.1) is 5.69 Å². The van der Waals surface area contributed by atoms with Crippen LogP contribution in [0, 0.1) is 0 Å². The topological polar surface area (TPSA) is 58.4 Å². The van der Waals surface area contributed by atoms with Gasteiger partial charge in [0.15, 0.2) is 4.96 Å². The number of anilines is 1. The number of fused-ring (bicyclic) bond motifs is 1. The van der Waals surface area contributed by atoms with E-state index in [0.29, 0.717) is 0 Å². The highest BCUT2D eigenvalue weighted by Gasteiger charge is 2.33. The fourth-order valence-electron chi connectivity index (χ4n) is 3.12. The molecule has 0 spiro atoms. The second-order valence-electron chi connectivity index (χ2n) is 6.31. The van der Waals surface area contributed by atoms with Gasteiger partial charge in [-0.25, -0.2) is 15.0 Å². The molecule has 0 bridgehead atoms. The Labute approximate surface area is 151 Å². The SMILES string of the molecule is FC(F)(F)c1cc(NC2CCN(Cc3cn4ccsc4n3)CC2)ncn1. The Morgan fingerprint density at radius 1 is 1.23 bits per heavy atom. The lowest BCUT2D eigenvalue weighted by molar-refractivity contribution is -0.141.